The number of aromatic nitrogens is 1. The highest BCUT2D eigenvalue weighted by Gasteiger charge is 2.44. The van der Waals surface area contributed by atoms with Gasteiger partial charge in [-0.05, 0) is 79.8 Å². The van der Waals surface area contributed by atoms with Crippen molar-refractivity contribution in [2.24, 2.45) is 11.1 Å². The van der Waals surface area contributed by atoms with Gasteiger partial charge in [0.15, 0.2) is 11.6 Å². The van der Waals surface area contributed by atoms with Crippen LogP contribution in [0.1, 0.15) is 62.2 Å². The molecule has 5 rings (SSSR count). The summed E-state index contributed by atoms with van der Waals surface area (Å²) in [5, 5.41) is 2.93. The molecule has 0 unspecified atom stereocenters. The van der Waals surface area contributed by atoms with Crippen LogP contribution in [0.15, 0.2) is 35.2 Å². The second kappa shape index (κ2) is 13.9. The van der Waals surface area contributed by atoms with Crippen LogP contribution in [0.25, 0.3) is 0 Å². The van der Waals surface area contributed by atoms with Crippen molar-refractivity contribution in [2.75, 3.05) is 61.6 Å². The Bertz CT molecular complexity index is 1320. The molecule has 3 aliphatic rings. The zero-order valence-corrected chi connectivity index (χ0v) is 26.2. The normalized spacial score (nSPS) is 19.4. The number of methoxy groups -OCH3 is 1. The number of ether oxygens (including phenoxy) is 2. The molecule has 3 heterocycles. The quantitative estimate of drug-likeness (QED) is 0.170. The first kappa shape index (κ1) is 32.2. The molecule has 1 atom stereocenters. The van der Waals surface area contributed by atoms with Crippen LogP contribution in [-0.4, -0.2) is 75.3 Å². The molecular weight excluding hydrogens is 590 g/mol. The summed E-state index contributed by atoms with van der Waals surface area (Å²) >= 11 is 1.41. The van der Waals surface area contributed by atoms with Crippen molar-refractivity contribution in [3.05, 3.63) is 35.9 Å². The van der Waals surface area contributed by atoms with Gasteiger partial charge in [-0.3, -0.25) is 14.3 Å². The highest BCUT2D eigenvalue weighted by Crippen LogP contribution is 2.54. The Morgan fingerprint density at radius 3 is 2.41 bits per heavy atom. The maximum absolute atomic E-state index is 13.8. The molecular formula is C31H42F2N6O4S. The van der Waals surface area contributed by atoms with Crippen molar-refractivity contribution >= 4 is 41.1 Å². The van der Waals surface area contributed by atoms with Crippen LogP contribution in [0.5, 0.6) is 5.75 Å². The standard InChI is InChI=1S/C31H42F2N6O4S/c1-3-23(34)29(41)43-19-14-35-44-21-4-5-22(24(20-21)38-15-10-30(8-9-30)11-16-38)28(40)37-26-7-6-25(42-2)27(36-26)39-17-12-31(32,33)13-18-39/h4-7,20,23,35H,3,8-19,34H2,1-2H3,(H,36,37,40)/t23-/m1/s1. The Labute approximate surface area is 261 Å². The van der Waals surface area contributed by atoms with Gasteiger partial charge in [-0.1, -0.05) is 6.92 Å². The van der Waals surface area contributed by atoms with Crippen molar-refractivity contribution in [3.8, 4) is 5.75 Å². The summed E-state index contributed by atoms with van der Waals surface area (Å²) in [6, 6.07) is 8.45. The number of hydrogen-bond acceptors (Lipinski definition) is 10. The van der Waals surface area contributed by atoms with Gasteiger partial charge < -0.3 is 30.3 Å². The van der Waals surface area contributed by atoms with Crippen LogP contribution in [0, 0.1) is 5.41 Å². The second-order valence-electron chi connectivity index (χ2n) is 11.9. The number of nitrogens with one attached hydrogen (secondary N) is 2. The molecule has 1 aromatic carbocycles. The van der Waals surface area contributed by atoms with E-state index in [9.17, 15) is 18.4 Å². The molecule has 1 amide bonds. The van der Waals surface area contributed by atoms with Gasteiger partial charge in [-0.2, -0.15) is 0 Å². The van der Waals surface area contributed by atoms with Crippen molar-refractivity contribution in [1.82, 2.24) is 9.71 Å². The lowest BCUT2D eigenvalue weighted by Gasteiger charge is -2.35. The maximum Gasteiger partial charge on any atom is 0.322 e. The predicted octanol–water partition coefficient (Wildman–Crippen LogP) is 4.84. The number of piperidine rings is 2. The molecule has 1 aliphatic carbocycles. The zero-order chi connectivity index (χ0) is 31.3. The SMILES string of the molecule is CC[C@@H](N)C(=O)OCCNSc1ccc(C(=O)Nc2ccc(OC)c(N3CCC(F)(F)CC3)n2)c(N2CCC3(CC2)CC3)c1. The van der Waals surface area contributed by atoms with Gasteiger partial charge in [0.25, 0.3) is 11.8 Å². The number of alkyl halides is 2. The third-order valence-electron chi connectivity index (χ3n) is 8.81. The number of nitrogens with zero attached hydrogens (tertiary/aromatic N) is 3. The molecule has 44 heavy (non-hydrogen) atoms. The summed E-state index contributed by atoms with van der Waals surface area (Å²) in [6.07, 6.45) is 4.78. The first-order chi connectivity index (χ1) is 21.1. The van der Waals surface area contributed by atoms with Crippen LogP contribution in [-0.2, 0) is 9.53 Å². The van der Waals surface area contributed by atoms with E-state index in [1.807, 2.05) is 25.1 Å². The average molecular weight is 633 g/mol. The molecule has 1 spiro atoms. The Kier molecular flexibility index (Phi) is 10.2. The first-order valence-corrected chi connectivity index (χ1v) is 16.1. The van der Waals surface area contributed by atoms with E-state index in [2.05, 4.69) is 19.9 Å². The number of anilines is 3. The van der Waals surface area contributed by atoms with E-state index < -0.39 is 17.9 Å². The number of halogens is 2. The van der Waals surface area contributed by atoms with Crippen molar-refractivity contribution in [1.29, 1.82) is 0 Å². The molecule has 1 aromatic heterocycles. The minimum Gasteiger partial charge on any atom is -0.493 e. The highest BCUT2D eigenvalue weighted by molar-refractivity contribution is 7.97. The Morgan fingerprint density at radius 1 is 1.05 bits per heavy atom. The number of benzene rings is 1. The summed E-state index contributed by atoms with van der Waals surface area (Å²) in [7, 11) is 1.51. The number of hydrogen-bond donors (Lipinski definition) is 3. The van der Waals surface area contributed by atoms with Crippen LogP contribution in [0.2, 0.25) is 0 Å². The number of rotatable bonds is 12. The van der Waals surface area contributed by atoms with Crippen molar-refractivity contribution < 1.29 is 27.8 Å². The van der Waals surface area contributed by atoms with Gasteiger partial charge >= 0.3 is 5.97 Å². The molecule has 10 nitrogen and oxygen atoms in total. The maximum atomic E-state index is 13.8. The zero-order valence-electron chi connectivity index (χ0n) is 25.4. The Balaban J connectivity index is 1.28. The molecule has 3 fully saturated rings. The Hall–Kier alpha value is -3.16. The number of carbonyl (C=O) groups is 2. The van der Waals surface area contributed by atoms with Gasteiger partial charge in [0.05, 0.1) is 18.4 Å². The van der Waals surface area contributed by atoms with E-state index in [0.717, 1.165) is 36.5 Å². The van der Waals surface area contributed by atoms with Crippen LogP contribution >= 0.6 is 11.9 Å². The van der Waals surface area contributed by atoms with Crippen molar-refractivity contribution in [2.45, 2.75) is 68.7 Å². The topological polar surface area (TPSA) is 122 Å². The fourth-order valence-electron chi connectivity index (χ4n) is 5.65. The average Bonchev–Trinajstić information content (AvgIpc) is 3.78. The summed E-state index contributed by atoms with van der Waals surface area (Å²) in [5.74, 6) is -2.17. The largest absolute Gasteiger partial charge is 0.493 e. The number of nitrogens with two attached hydrogens (primary N) is 1. The van der Waals surface area contributed by atoms with E-state index in [4.69, 9.17) is 15.2 Å². The number of pyridine rings is 1. The van der Waals surface area contributed by atoms with Gasteiger partial charge in [-0.25, -0.2) is 13.8 Å². The first-order valence-electron chi connectivity index (χ1n) is 15.3. The minimum atomic E-state index is -2.69. The third-order valence-corrected chi connectivity index (χ3v) is 9.65. The molecule has 13 heteroatoms. The molecule has 240 valence electrons. The minimum absolute atomic E-state index is 0.149. The summed E-state index contributed by atoms with van der Waals surface area (Å²) in [4.78, 5) is 35.1. The fraction of sp³-hybridized carbons (Fsp3) is 0.581. The van der Waals surface area contributed by atoms with Crippen LogP contribution in [0.3, 0.4) is 0 Å². The van der Waals surface area contributed by atoms with Crippen LogP contribution < -0.4 is 30.3 Å². The van der Waals surface area contributed by atoms with E-state index in [-0.39, 0.29) is 38.4 Å². The van der Waals surface area contributed by atoms with E-state index in [1.165, 1.54) is 31.9 Å². The van der Waals surface area contributed by atoms with Gasteiger partial charge in [0.2, 0.25) is 0 Å². The summed E-state index contributed by atoms with van der Waals surface area (Å²) < 4.78 is 41.4. The monoisotopic (exact) mass is 632 g/mol. The number of esters is 1. The molecule has 0 bridgehead atoms. The van der Waals surface area contributed by atoms with E-state index in [1.54, 1.807) is 17.0 Å². The molecule has 2 saturated heterocycles. The fourth-order valence-corrected chi connectivity index (χ4v) is 6.31. The smallest absolute Gasteiger partial charge is 0.322 e. The summed E-state index contributed by atoms with van der Waals surface area (Å²) in [6.45, 7) is 4.53. The second-order valence-corrected chi connectivity index (χ2v) is 12.8. The highest BCUT2D eigenvalue weighted by atomic mass is 32.2. The van der Waals surface area contributed by atoms with E-state index >= 15 is 0 Å². The predicted molar refractivity (Wildman–Crippen MR) is 168 cm³/mol. The summed E-state index contributed by atoms with van der Waals surface area (Å²) in [5.41, 5.74) is 7.56. The molecule has 2 aliphatic heterocycles. The van der Waals surface area contributed by atoms with Gasteiger partial charge in [-0.15, -0.1) is 0 Å². The van der Waals surface area contributed by atoms with E-state index in [0.29, 0.717) is 41.3 Å². The van der Waals surface area contributed by atoms with Crippen molar-refractivity contribution in [3.63, 3.8) is 0 Å². The molecule has 4 N–H and O–H groups in total. The van der Waals surface area contributed by atoms with Crippen LogP contribution in [0.4, 0.5) is 26.1 Å². The molecule has 1 saturated carbocycles. The molecule has 0 radical (unpaired) electrons. The lowest BCUT2D eigenvalue weighted by molar-refractivity contribution is -0.145. The number of carbonyl (C=O) groups excluding carboxylic acids is 2. The van der Waals surface area contributed by atoms with Gasteiger partial charge in [0, 0.05) is 50.5 Å². The lowest BCUT2D eigenvalue weighted by Crippen LogP contribution is -2.40. The number of amides is 1. The third kappa shape index (κ3) is 7.91. The molecule has 2 aromatic rings. The lowest BCUT2D eigenvalue weighted by atomic mass is 9.93. The van der Waals surface area contributed by atoms with Gasteiger partial charge in [0.1, 0.15) is 18.5 Å². The Morgan fingerprint density at radius 2 is 1.75 bits per heavy atom.